The van der Waals surface area contributed by atoms with Gasteiger partial charge in [-0.2, -0.15) is 0 Å². The summed E-state index contributed by atoms with van der Waals surface area (Å²) in [6.07, 6.45) is -0.473. The van der Waals surface area contributed by atoms with Crippen molar-refractivity contribution in [2.75, 3.05) is 14.2 Å². The van der Waals surface area contributed by atoms with E-state index in [0.29, 0.717) is 5.02 Å². The molecule has 1 aromatic carbocycles. The van der Waals surface area contributed by atoms with Crippen LogP contribution < -0.4 is 0 Å². The molecule has 90 valence electrons. The third kappa shape index (κ3) is 3.30. The smallest absolute Gasteiger partial charge is 0.290 e. The molecule has 0 aromatic heterocycles. The van der Waals surface area contributed by atoms with E-state index in [1.807, 2.05) is 12.1 Å². The molecule has 1 atom stereocenters. The molecule has 0 N–H and O–H groups in total. The Morgan fingerprint density at radius 2 is 1.81 bits per heavy atom. The molecule has 0 radical (unpaired) electrons. The lowest BCUT2D eigenvalue weighted by Gasteiger charge is -2.19. The normalized spacial score (nSPS) is 13.8. The molecule has 0 amide bonds. The van der Waals surface area contributed by atoms with Gasteiger partial charge in [0, 0.05) is 19.2 Å². The van der Waals surface area contributed by atoms with Crippen molar-refractivity contribution >= 4 is 19.4 Å². The van der Waals surface area contributed by atoms with E-state index in [4.69, 9.17) is 16.1 Å². The van der Waals surface area contributed by atoms with E-state index in [1.54, 1.807) is 19.1 Å². The zero-order valence-electron chi connectivity index (χ0n) is 9.34. The lowest BCUT2D eigenvalue weighted by molar-refractivity contribution is 0.114. The molecular weight excluding hydrogens is 251 g/mol. The fraction of sp³-hybridized carbons (Fsp3) is 0.400. The van der Waals surface area contributed by atoms with Gasteiger partial charge in [0.1, 0.15) is 0 Å². The van der Waals surface area contributed by atoms with Crippen LogP contribution >= 0.6 is 19.4 Å². The topological polar surface area (TPSA) is 44.8 Å². The summed E-state index contributed by atoms with van der Waals surface area (Å²) in [7, 11) is -0.946. The van der Waals surface area contributed by atoms with Crippen molar-refractivity contribution in [3.05, 3.63) is 34.9 Å². The molecule has 4 nitrogen and oxygen atoms in total. The highest BCUT2D eigenvalue weighted by atomic mass is 35.5. The molecule has 0 aliphatic carbocycles. The van der Waals surface area contributed by atoms with Crippen LogP contribution in [0, 0.1) is 0 Å². The predicted octanol–water partition coefficient (Wildman–Crippen LogP) is 3.82. The number of hydrogen-bond acceptors (Lipinski definition) is 4. The average molecular weight is 265 g/mol. The maximum atomic E-state index is 11.7. The van der Waals surface area contributed by atoms with E-state index >= 15 is 0 Å². The summed E-state index contributed by atoms with van der Waals surface area (Å²) in [4.78, 5) is 0. The molecule has 0 saturated heterocycles. The second-order valence-corrected chi connectivity index (χ2v) is 5.32. The average Bonchev–Trinajstić information content (AvgIpc) is 2.29. The van der Waals surface area contributed by atoms with Crippen LogP contribution in [-0.4, -0.2) is 14.2 Å². The van der Waals surface area contributed by atoms with Crippen molar-refractivity contribution in [2.24, 2.45) is 0 Å². The maximum Gasteiger partial charge on any atom is 0.474 e. The summed E-state index contributed by atoms with van der Waals surface area (Å²) < 4.78 is 26.3. The Labute approximate surface area is 100 Å². The van der Waals surface area contributed by atoms with Gasteiger partial charge in [-0.05, 0) is 18.6 Å². The Morgan fingerprint density at radius 1 is 1.25 bits per heavy atom. The highest BCUT2D eigenvalue weighted by molar-refractivity contribution is 7.48. The molecular formula is C10H14ClO4P. The van der Waals surface area contributed by atoms with Crippen molar-refractivity contribution in [2.45, 2.75) is 13.0 Å². The maximum absolute atomic E-state index is 11.7. The minimum Gasteiger partial charge on any atom is -0.290 e. The molecule has 0 saturated carbocycles. The molecule has 0 spiro atoms. The first kappa shape index (κ1) is 13.7. The standard InChI is InChI=1S/C10H14ClO4P/c1-8(15-16(12,13-2)14-3)9-6-4-5-7-10(9)11/h4-8H,1-3H3/t8-/m0/s1. The minimum atomic E-state index is -3.48. The zero-order valence-corrected chi connectivity index (χ0v) is 11.0. The number of phosphoric ester groups is 1. The van der Waals surface area contributed by atoms with Crippen LogP contribution in [0.2, 0.25) is 5.02 Å². The number of hydrogen-bond donors (Lipinski definition) is 0. The molecule has 1 rings (SSSR count). The summed E-state index contributed by atoms with van der Waals surface area (Å²) in [5.41, 5.74) is 0.735. The molecule has 6 heteroatoms. The number of halogens is 1. The second-order valence-electron chi connectivity index (χ2n) is 3.08. The largest absolute Gasteiger partial charge is 0.474 e. The van der Waals surface area contributed by atoms with Crippen molar-refractivity contribution in [3.8, 4) is 0 Å². The van der Waals surface area contributed by atoms with Crippen molar-refractivity contribution in [1.29, 1.82) is 0 Å². The Morgan fingerprint density at radius 3 is 2.31 bits per heavy atom. The molecule has 0 aliphatic rings. The predicted molar refractivity (Wildman–Crippen MR) is 62.6 cm³/mol. The molecule has 0 heterocycles. The SMILES string of the molecule is COP(=O)(OC)O[C@@H](C)c1ccccc1Cl. The van der Waals surface area contributed by atoms with Gasteiger partial charge in [-0.1, -0.05) is 29.8 Å². The van der Waals surface area contributed by atoms with Crippen LogP contribution in [0.25, 0.3) is 0 Å². The third-order valence-electron chi connectivity index (χ3n) is 2.08. The van der Waals surface area contributed by atoms with E-state index in [9.17, 15) is 4.57 Å². The molecule has 0 aliphatic heterocycles. The van der Waals surface area contributed by atoms with Gasteiger partial charge in [-0.3, -0.25) is 13.6 Å². The monoisotopic (exact) mass is 264 g/mol. The lowest BCUT2D eigenvalue weighted by atomic mass is 10.1. The number of phosphoric acid groups is 1. The quantitative estimate of drug-likeness (QED) is 0.759. The lowest BCUT2D eigenvalue weighted by Crippen LogP contribution is -2.01. The summed E-state index contributed by atoms with van der Waals surface area (Å²) in [6.45, 7) is 1.73. The third-order valence-corrected chi connectivity index (χ3v) is 3.89. The van der Waals surface area contributed by atoms with Crippen molar-refractivity contribution in [3.63, 3.8) is 0 Å². The van der Waals surface area contributed by atoms with Crippen LogP contribution in [0.3, 0.4) is 0 Å². The summed E-state index contributed by atoms with van der Waals surface area (Å²) in [5, 5.41) is 0.550. The summed E-state index contributed by atoms with van der Waals surface area (Å²) in [5.74, 6) is 0. The van der Waals surface area contributed by atoms with Gasteiger partial charge in [0.2, 0.25) is 0 Å². The Bertz CT molecular complexity index is 388. The van der Waals surface area contributed by atoms with Gasteiger partial charge in [0.05, 0.1) is 6.10 Å². The Hall–Kier alpha value is -0.380. The highest BCUT2D eigenvalue weighted by Crippen LogP contribution is 2.51. The van der Waals surface area contributed by atoms with E-state index < -0.39 is 13.9 Å². The Balaban J connectivity index is 2.84. The fourth-order valence-corrected chi connectivity index (χ4v) is 2.33. The summed E-state index contributed by atoms with van der Waals surface area (Å²) >= 11 is 5.98. The molecule has 0 fully saturated rings. The van der Waals surface area contributed by atoms with Gasteiger partial charge in [-0.15, -0.1) is 0 Å². The van der Waals surface area contributed by atoms with Crippen molar-refractivity contribution in [1.82, 2.24) is 0 Å². The van der Waals surface area contributed by atoms with Gasteiger partial charge in [0.25, 0.3) is 0 Å². The van der Waals surface area contributed by atoms with E-state index in [-0.39, 0.29) is 0 Å². The van der Waals surface area contributed by atoms with E-state index in [2.05, 4.69) is 9.05 Å². The van der Waals surface area contributed by atoms with Gasteiger partial charge in [-0.25, -0.2) is 4.57 Å². The Kier molecular flexibility index (Phi) is 4.96. The van der Waals surface area contributed by atoms with Crippen molar-refractivity contribution < 1.29 is 18.1 Å². The highest BCUT2D eigenvalue weighted by Gasteiger charge is 2.27. The zero-order chi connectivity index (χ0) is 12.2. The number of benzene rings is 1. The van der Waals surface area contributed by atoms with Crippen LogP contribution in [0.15, 0.2) is 24.3 Å². The molecule has 0 unspecified atom stereocenters. The number of rotatable bonds is 5. The van der Waals surface area contributed by atoms with Gasteiger partial charge < -0.3 is 0 Å². The van der Waals surface area contributed by atoms with Crippen LogP contribution in [0.5, 0.6) is 0 Å². The minimum absolute atomic E-state index is 0.473. The van der Waals surface area contributed by atoms with Crippen LogP contribution in [0.4, 0.5) is 0 Å². The van der Waals surface area contributed by atoms with Crippen LogP contribution in [-0.2, 0) is 18.1 Å². The molecule has 1 aromatic rings. The first-order valence-electron chi connectivity index (χ1n) is 4.66. The van der Waals surface area contributed by atoms with Crippen LogP contribution in [0.1, 0.15) is 18.6 Å². The molecule has 16 heavy (non-hydrogen) atoms. The fourth-order valence-electron chi connectivity index (χ4n) is 1.22. The first-order valence-corrected chi connectivity index (χ1v) is 6.50. The first-order chi connectivity index (χ1) is 7.52. The molecule has 0 bridgehead atoms. The van der Waals surface area contributed by atoms with E-state index in [1.165, 1.54) is 14.2 Å². The van der Waals surface area contributed by atoms with E-state index in [0.717, 1.165) is 5.56 Å². The van der Waals surface area contributed by atoms with Gasteiger partial charge >= 0.3 is 7.82 Å². The van der Waals surface area contributed by atoms with Gasteiger partial charge in [0.15, 0.2) is 0 Å². The summed E-state index contributed by atoms with van der Waals surface area (Å²) in [6, 6.07) is 7.17. The second kappa shape index (κ2) is 5.80.